The molecular formula is C15H13ClN6O5. The summed E-state index contributed by atoms with van der Waals surface area (Å²) in [5, 5.41) is 21.6. The molecule has 1 saturated heterocycles. The van der Waals surface area contributed by atoms with Crippen molar-refractivity contribution in [3.05, 3.63) is 61.4 Å². The number of hydrogen-bond donors (Lipinski definition) is 0. The van der Waals surface area contributed by atoms with Gasteiger partial charge in [-0.3, -0.25) is 25.0 Å². The number of aromatic nitrogens is 2. The van der Waals surface area contributed by atoms with Gasteiger partial charge < -0.3 is 9.80 Å². The van der Waals surface area contributed by atoms with E-state index in [2.05, 4.69) is 9.97 Å². The molecule has 0 atom stereocenters. The van der Waals surface area contributed by atoms with E-state index in [-0.39, 0.29) is 5.56 Å². The number of nitrogens with zero attached hydrogens (tertiary/aromatic N) is 6. The second kappa shape index (κ2) is 7.50. The second-order valence-corrected chi connectivity index (χ2v) is 6.05. The summed E-state index contributed by atoms with van der Waals surface area (Å²) in [5.74, 6) is 0.00821. The largest absolute Gasteiger partial charge is 0.337 e. The molecule has 0 unspecified atom stereocenters. The highest BCUT2D eigenvalue weighted by Gasteiger charge is 2.30. The van der Waals surface area contributed by atoms with Crippen LogP contribution in [0.25, 0.3) is 0 Å². The molecule has 1 aromatic carbocycles. The minimum Gasteiger partial charge on any atom is -0.337 e. The molecule has 1 aromatic heterocycles. The maximum atomic E-state index is 12.7. The van der Waals surface area contributed by atoms with E-state index in [1.54, 1.807) is 18.5 Å². The van der Waals surface area contributed by atoms with Gasteiger partial charge in [0.2, 0.25) is 5.95 Å². The van der Waals surface area contributed by atoms with Crippen molar-refractivity contribution in [3.63, 3.8) is 0 Å². The third-order valence-electron chi connectivity index (χ3n) is 4.08. The van der Waals surface area contributed by atoms with Gasteiger partial charge in [0.1, 0.15) is 0 Å². The van der Waals surface area contributed by atoms with Crippen LogP contribution in [0.15, 0.2) is 30.6 Å². The molecule has 1 amide bonds. The predicted octanol–water partition coefficient (Wildman–Crippen LogP) is 1.91. The summed E-state index contributed by atoms with van der Waals surface area (Å²) < 4.78 is 0. The average molecular weight is 393 g/mol. The Kier molecular flexibility index (Phi) is 5.12. The molecule has 1 aliphatic heterocycles. The van der Waals surface area contributed by atoms with Crippen LogP contribution in [0, 0.1) is 20.2 Å². The first kappa shape index (κ1) is 18.5. The molecule has 2 heterocycles. The van der Waals surface area contributed by atoms with Crippen molar-refractivity contribution in [1.82, 2.24) is 14.9 Å². The van der Waals surface area contributed by atoms with Gasteiger partial charge in [-0.15, -0.1) is 0 Å². The molecule has 27 heavy (non-hydrogen) atoms. The Morgan fingerprint density at radius 1 is 1.00 bits per heavy atom. The number of anilines is 1. The summed E-state index contributed by atoms with van der Waals surface area (Å²) in [7, 11) is 0. The number of nitro groups is 2. The zero-order valence-electron chi connectivity index (χ0n) is 13.8. The first-order chi connectivity index (χ1) is 12.9. The van der Waals surface area contributed by atoms with E-state index in [1.165, 1.54) is 4.90 Å². The van der Waals surface area contributed by atoms with Crippen LogP contribution in [-0.2, 0) is 0 Å². The number of hydrogen-bond acceptors (Lipinski definition) is 8. The highest BCUT2D eigenvalue weighted by Crippen LogP contribution is 2.35. The normalized spacial score (nSPS) is 14.1. The van der Waals surface area contributed by atoms with Crippen molar-refractivity contribution >= 4 is 34.8 Å². The highest BCUT2D eigenvalue weighted by molar-refractivity contribution is 6.35. The van der Waals surface area contributed by atoms with Gasteiger partial charge in [0.05, 0.1) is 15.4 Å². The minimum absolute atomic E-state index is 0.151. The molecule has 1 aliphatic rings. The summed E-state index contributed by atoms with van der Waals surface area (Å²) in [6.45, 7) is 1.57. The molecule has 0 radical (unpaired) electrons. The fourth-order valence-electron chi connectivity index (χ4n) is 2.73. The van der Waals surface area contributed by atoms with Crippen molar-refractivity contribution in [2.75, 3.05) is 31.1 Å². The molecule has 2 aromatic rings. The molecule has 3 rings (SSSR count). The Hall–Kier alpha value is -3.34. The molecule has 140 valence electrons. The number of amides is 1. The summed E-state index contributed by atoms with van der Waals surface area (Å²) in [4.78, 5) is 44.9. The SMILES string of the molecule is O=C(c1cc([N+](=O)[O-])c(Cl)c([N+](=O)[O-])c1)N1CCN(c2ncccn2)CC1. The third-order valence-corrected chi connectivity index (χ3v) is 4.46. The van der Waals surface area contributed by atoms with Gasteiger partial charge in [-0.25, -0.2) is 9.97 Å². The lowest BCUT2D eigenvalue weighted by molar-refractivity contribution is -0.393. The van der Waals surface area contributed by atoms with Crippen molar-refractivity contribution in [2.24, 2.45) is 0 Å². The molecule has 0 spiro atoms. The topological polar surface area (TPSA) is 136 Å². The highest BCUT2D eigenvalue weighted by atomic mass is 35.5. The lowest BCUT2D eigenvalue weighted by atomic mass is 10.1. The van der Waals surface area contributed by atoms with Crippen LogP contribution >= 0.6 is 11.6 Å². The van der Waals surface area contributed by atoms with Crippen LogP contribution in [0.3, 0.4) is 0 Å². The van der Waals surface area contributed by atoms with Crippen LogP contribution < -0.4 is 4.90 Å². The Balaban J connectivity index is 1.80. The zero-order valence-corrected chi connectivity index (χ0v) is 14.6. The summed E-state index contributed by atoms with van der Waals surface area (Å²) in [5.41, 5.74) is -1.50. The molecule has 1 fully saturated rings. The van der Waals surface area contributed by atoms with Crippen LogP contribution in [0.1, 0.15) is 10.4 Å². The molecule has 0 aliphatic carbocycles. The van der Waals surface area contributed by atoms with Crippen molar-refractivity contribution in [1.29, 1.82) is 0 Å². The van der Waals surface area contributed by atoms with Crippen LogP contribution in [0.5, 0.6) is 0 Å². The predicted molar refractivity (Wildman–Crippen MR) is 94.9 cm³/mol. The van der Waals surface area contributed by atoms with E-state index in [0.29, 0.717) is 32.1 Å². The van der Waals surface area contributed by atoms with Gasteiger partial charge in [-0.1, -0.05) is 11.6 Å². The fourth-order valence-corrected chi connectivity index (χ4v) is 2.98. The van der Waals surface area contributed by atoms with E-state index in [0.717, 1.165) is 12.1 Å². The van der Waals surface area contributed by atoms with E-state index < -0.39 is 32.2 Å². The first-order valence-corrected chi connectivity index (χ1v) is 8.20. The maximum Gasteiger partial charge on any atom is 0.295 e. The van der Waals surface area contributed by atoms with Gasteiger partial charge in [-0.05, 0) is 6.07 Å². The number of benzene rings is 1. The number of carbonyl (C=O) groups is 1. The first-order valence-electron chi connectivity index (χ1n) is 7.82. The minimum atomic E-state index is -0.850. The van der Waals surface area contributed by atoms with E-state index in [4.69, 9.17) is 11.6 Å². The summed E-state index contributed by atoms with van der Waals surface area (Å²) in [6.07, 6.45) is 3.23. The fraction of sp³-hybridized carbons (Fsp3) is 0.267. The smallest absolute Gasteiger partial charge is 0.295 e. The Morgan fingerprint density at radius 2 is 1.52 bits per heavy atom. The number of nitro benzene ring substituents is 2. The van der Waals surface area contributed by atoms with Crippen molar-refractivity contribution < 1.29 is 14.6 Å². The lowest BCUT2D eigenvalue weighted by Gasteiger charge is -2.34. The van der Waals surface area contributed by atoms with Crippen molar-refractivity contribution in [3.8, 4) is 0 Å². The molecule has 0 N–H and O–H groups in total. The molecule has 11 nitrogen and oxygen atoms in total. The van der Waals surface area contributed by atoms with Crippen LogP contribution in [-0.4, -0.2) is 56.8 Å². The average Bonchev–Trinajstić information content (AvgIpc) is 2.68. The Morgan fingerprint density at radius 3 is 2.00 bits per heavy atom. The number of rotatable bonds is 4. The lowest BCUT2D eigenvalue weighted by Crippen LogP contribution is -2.49. The van der Waals surface area contributed by atoms with Crippen LogP contribution in [0.4, 0.5) is 17.3 Å². The van der Waals surface area contributed by atoms with Gasteiger partial charge in [0.15, 0.2) is 5.02 Å². The molecule has 0 saturated carbocycles. The van der Waals surface area contributed by atoms with Crippen LogP contribution in [0.2, 0.25) is 5.02 Å². The molecule has 0 bridgehead atoms. The Labute approximate surface area is 157 Å². The second-order valence-electron chi connectivity index (χ2n) is 5.67. The van der Waals surface area contributed by atoms with Gasteiger partial charge in [0.25, 0.3) is 17.3 Å². The van der Waals surface area contributed by atoms with E-state index in [1.807, 2.05) is 4.90 Å². The Bertz CT molecular complexity index is 866. The summed E-state index contributed by atoms with van der Waals surface area (Å²) >= 11 is 5.72. The number of piperazine rings is 1. The van der Waals surface area contributed by atoms with Crippen molar-refractivity contribution in [2.45, 2.75) is 0 Å². The summed E-state index contributed by atoms with van der Waals surface area (Å²) in [6, 6.07) is 3.62. The standard InChI is InChI=1S/C15H13ClN6O5/c16-13-11(21(24)25)8-10(9-12(13)22(26)27)14(23)19-4-6-20(7-5-19)15-17-2-1-3-18-15/h1-3,8-9H,4-7H2. The van der Waals surface area contributed by atoms with Gasteiger partial charge in [-0.2, -0.15) is 0 Å². The monoisotopic (exact) mass is 392 g/mol. The van der Waals surface area contributed by atoms with Gasteiger partial charge >= 0.3 is 0 Å². The third kappa shape index (κ3) is 3.77. The van der Waals surface area contributed by atoms with E-state index in [9.17, 15) is 25.0 Å². The molecule has 12 heteroatoms. The maximum absolute atomic E-state index is 12.7. The number of carbonyl (C=O) groups excluding carboxylic acids is 1. The number of halogens is 1. The zero-order chi connectivity index (χ0) is 19.6. The quantitative estimate of drug-likeness (QED) is 0.568. The molecular weight excluding hydrogens is 380 g/mol. The van der Waals surface area contributed by atoms with Gasteiger partial charge in [0, 0.05) is 50.7 Å². The van der Waals surface area contributed by atoms with E-state index >= 15 is 0 Å².